The van der Waals surface area contributed by atoms with E-state index in [-0.39, 0.29) is 30.3 Å². The molecule has 0 spiro atoms. The van der Waals surface area contributed by atoms with Crippen molar-refractivity contribution in [3.8, 4) is 0 Å². The number of aldehydes is 1. The molecule has 0 bridgehead atoms. The SMILES string of the molecule is Cn1c(=O)n(C2CCC(=O)CC2=O)c2cccc(CCCOCCOCCOCCOCC=O)c21. The van der Waals surface area contributed by atoms with Crippen molar-refractivity contribution in [2.24, 2.45) is 7.05 Å². The van der Waals surface area contributed by atoms with Crippen LogP contribution < -0.4 is 5.69 Å². The van der Waals surface area contributed by atoms with Gasteiger partial charge in [-0.25, -0.2) is 4.79 Å². The van der Waals surface area contributed by atoms with Crippen LogP contribution in [0.25, 0.3) is 11.0 Å². The molecule has 0 radical (unpaired) electrons. The molecular formula is C25H34N2O8. The van der Waals surface area contributed by atoms with Crippen LogP contribution in [0.5, 0.6) is 0 Å². The first-order valence-corrected chi connectivity index (χ1v) is 12.0. The Balaban J connectivity index is 1.41. The maximum Gasteiger partial charge on any atom is 0.329 e. The lowest BCUT2D eigenvalue weighted by molar-refractivity contribution is -0.132. The van der Waals surface area contributed by atoms with Gasteiger partial charge in [-0.1, -0.05) is 12.1 Å². The van der Waals surface area contributed by atoms with E-state index in [1.165, 1.54) is 0 Å². The molecule has 2 aromatic rings. The number of aromatic nitrogens is 2. The molecule has 192 valence electrons. The number of ether oxygens (including phenoxy) is 4. The summed E-state index contributed by atoms with van der Waals surface area (Å²) in [5.74, 6) is -0.247. The Hall–Kier alpha value is -2.66. The summed E-state index contributed by atoms with van der Waals surface area (Å²) in [4.78, 5) is 47.2. The molecule has 1 heterocycles. The molecule has 1 unspecified atom stereocenters. The second-order valence-corrected chi connectivity index (χ2v) is 8.41. The van der Waals surface area contributed by atoms with E-state index in [1.807, 2.05) is 18.2 Å². The smallest absolute Gasteiger partial charge is 0.329 e. The van der Waals surface area contributed by atoms with E-state index in [2.05, 4.69) is 0 Å². The van der Waals surface area contributed by atoms with Crippen LogP contribution in [0.4, 0.5) is 0 Å². The molecule has 0 N–H and O–H groups in total. The van der Waals surface area contributed by atoms with Crippen molar-refractivity contribution in [1.29, 1.82) is 0 Å². The molecule has 35 heavy (non-hydrogen) atoms. The monoisotopic (exact) mass is 490 g/mol. The summed E-state index contributed by atoms with van der Waals surface area (Å²) in [6, 6.07) is 5.17. The topological polar surface area (TPSA) is 115 Å². The molecule has 1 aromatic carbocycles. The van der Waals surface area contributed by atoms with E-state index in [4.69, 9.17) is 18.9 Å². The van der Waals surface area contributed by atoms with E-state index >= 15 is 0 Å². The van der Waals surface area contributed by atoms with Gasteiger partial charge >= 0.3 is 5.69 Å². The van der Waals surface area contributed by atoms with Gasteiger partial charge in [0.1, 0.15) is 18.7 Å². The standard InChI is InChI=1S/C25H34N2O8/c1-26-24-19(5-3-10-32-12-14-34-16-17-35-15-13-33-11-9-28)4-2-6-22(24)27(25(26)31)21-8-7-20(29)18-23(21)30/h2,4,6,9,21H,3,5,7-8,10-18H2,1H3. The van der Waals surface area contributed by atoms with Crippen LogP contribution in [0.2, 0.25) is 0 Å². The molecule has 10 nitrogen and oxygen atoms in total. The number of ketones is 2. The summed E-state index contributed by atoms with van der Waals surface area (Å²) in [6.45, 7) is 3.31. The van der Waals surface area contributed by atoms with Gasteiger partial charge in [0, 0.05) is 20.1 Å². The predicted molar refractivity (Wildman–Crippen MR) is 128 cm³/mol. The summed E-state index contributed by atoms with van der Waals surface area (Å²) in [7, 11) is 1.72. The minimum atomic E-state index is -0.580. The molecule has 0 saturated heterocycles. The molecule has 1 saturated carbocycles. The molecule has 10 heteroatoms. The van der Waals surface area contributed by atoms with Crippen molar-refractivity contribution in [2.45, 2.75) is 38.1 Å². The van der Waals surface area contributed by atoms with E-state index in [1.54, 1.807) is 16.2 Å². The Kier molecular flexibility index (Phi) is 10.8. The number of fused-ring (bicyclic) bond motifs is 1. The van der Waals surface area contributed by atoms with Crippen LogP contribution in [0, 0.1) is 0 Å². The summed E-state index contributed by atoms with van der Waals surface area (Å²) in [6.07, 6.45) is 2.81. The maximum absolute atomic E-state index is 13.0. The van der Waals surface area contributed by atoms with Crippen molar-refractivity contribution < 1.29 is 33.3 Å². The molecule has 1 aromatic heterocycles. The average molecular weight is 491 g/mol. The third-order valence-electron chi connectivity index (χ3n) is 5.97. The third kappa shape index (κ3) is 7.41. The zero-order chi connectivity index (χ0) is 25.0. The van der Waals surface area contributed by atoms with Gasteiger partial charge < -0.3 is 23.7 Å². The number of carbonyl (C=O) groups is 3. The van der Waals surface area contributed by atoms with Gasteiger partial charge in [0.05, 0.1) is 63.1 Å². The Morgan fingerprint density at radius 3 is 2.26 bits per heavy atom. The number of aryl methyl sites for hydroxylation is 2. The molecule has 1 atom stereocenters. The summed E-state index contributed by atoms with van der Waals surface area (Å²) >= 11 is 0. The number of rotatable bonds is 16. The molecule has 1 fully saturated rings. The summed E-state index contributed by atoms with van der Waals surface area (Å²) < 4.78 is 24.5. The number of benzene rings is 1. The number of carbonyl (C=O) groups excluding carboxylic acids is 3. The van der Waals surface area contributed by atoms with Crippen molar-refractivity contribution in [2.75, 3.05) is 52.9 Å². The fourth-order valence-corrected chi connectivity index (χ4v) is 4.31. The van der Waals surface area contributed by atoms with Gasteiger partial charge in [-0.3, -0.25) is 18.7 Å². The van der Waals surface area contributed by atoms with Gasteiger partial charge in [0.25, 0.3) is 0 Å². The largest absolute Gasteiger partial charge is 0.379 e. The van der Waals surface area contributed by atoms with Gasteiger partial charge in [-0.15, -0.1) is 0 Å². The molecule has 1 aliphatic rings. The van der Waals surface area contributed by atoms with Crippen molar-refractivity contribution in [3.05, 3.63) is 34.2 Å². The van der Waals surface area contributed by atoms with Gasteiger partial charge in [0.15, 0.2) is 5.78 Å². The number of Topliss-reactive ketones (excluding diaryl/α,β-unsaturated/α-hetero) is 2. The van der Waals surface area contributed by atoms with E-state index in [0.717, 1.165) is 29.4 Å². The Bertz CT molecular complexity index is 1060. The van der Waals surface area contributed by atoms with Gasteiger partial charge in [-0.05, 0) is 30.9 Å². The quantitative estimate of drug-likeness (QED) is 0.197. The molecule has 0 amide bonds. The first-order chi connectivity index (χ1) is 17.0. The van der Waals surface area contributed by atoms with Crippen molar-refractivity contribution in [3.63, 3.8) is 0 Å². The molecule has 0 aliphatic heterocycles. The van der Waals surface area contributed by atoms with Gasteiger partial charge in [0.2, 0.25) is 0 Å². The Morgan fingerprint density at radius 1 is 0.943 bits per heavy atom. The van der Waals surface area contributed by atoms with Crippen LogP contribution in [0.3, 0.4) is 0 Å². The number of hydrogen-bond acceptors (Lipinski definition) is 8. The number of hydrogen-bond donors (Lipinski definition) is 0. The lowest BCUT2D eigenvalue weighted by Gasteiger charge is -2.21. The lowest BCUT2D eigenvalue weighted by atomic mass is 9.92. The number of nitrogens with zero attached hydrogens (tertiary/aromatic N) is 2. The second-order valence-electron chi connectivity index (χ2n) is 8.41. The number of imidazole rings is 1. The molecular weight excluding hydrogens is 456 g/mol. The van der Waals surface area contributed by atoms with E-state index in [0.29, 0.717) is 65.4 Å². The minimum Gasteiger partial charge on any atom is -0.379 e. The predicted octanol–water partition coefficient (Wildman–Crippen LogP) is 1.40. The fourth-order valence-electron chi connectivity index (χ4n) is 4.31. The second kappa shape index (κ2) is 14.0. The highest BCUT2D eigenvalue weighted by molar-refractivity contribution is 6.03. The van der Waals surface area contributed by atoms with E-state index in [9.17, 15) is 19.2 Å². The first kappa shape index (κ1) is 26.9. The maximum atomic E-state index is 13.0. The van der Waals surface area contributed by atoms with Crippen LogP contribution in [-0.2, 0) is 46.8 Å². The lowest BCUT2D eigenvalue weighted by Crippen LogP contribution is -2.34. The van der Waals surface area contributed by atoms with Gasteiger partial charge in [-0.2, -0.15) is 0 Å². The highest BCUT2D eigenvalue weighted by atomic mass is 16.6. The summed E-state index contributed by atoms with van der Waals surface area (Å²) in [5, 5.41) is 0. The van der Waals surface area contributed by atoms with Crippen LogP contribution in [0.1, 0.15) is 37.3 Å². The fraction of sp³-hybridized carbons (Fsp3) is 0.600. The molecule has 1 aliphatic carbocycles. The molecule has 3 rings (SSSR count). The van der Waals surface area contributed by atoms with Crippen LogP contribution in [-0.4, -0.2) is 79.8 Å². The summed E-state index contributed by atoms with van der Waals surface area (Å²) in [5.41, 5.74) is 2.34. The average Bonchev–Trinajstić information content (AvgIpc) is 3.10. The van der Waals surface area contributed by atoms with Crippen molar-refractivity contribution >= 4 is 28.9 Å². The zero-order valence-corrected chi connectivity index (χ0v) is 20.2. The minimum absolute atomic E-state index is 0.0588. The van der Waals surface area contributed by atoms with Crippen LogP contribution in [0.15, 0.2) is 23.0 Å². The first-order valence-electron chi connectivity index (χ1n) is 12.0. The Morgan fingerprint density at radius 2 is 1.60 bits per heavy atom. The van der Waals surface area contributed by atoms with Crippen molar-refractivity contribution in [1.82, 2.24) is 9.13 Å². The highest BCUT2D eigenvalue weighted by Crippen LogP contribution is 2.27. The normalized spacial score (nSPS) is 16.3. The third-order valence-corrected chi connectivity index (χ3v) is 5.97. The van der Waals surface area contributed by atoms with E-state index < -0.39 is 6.04 Å². The number of para-hydroxylation sites is 1. The Labute approximate surface area is 204 Å². The highest BCUT2D eigenvalue weighted by Gasteiger charge is 2.31. The van der Waals surface area contributed by atoms with Crippen LogP contribution >= 0.6 is 0 Å². The zero-order valence-electron chi connectivity index (χ0n) is 20.2.